The second kappa shape index (κ2) is 9.43. The molecule has 0 spiro atoms. The molecule has 2 saturated heterocycles. The summed E-state index contributed by atoms with van der Waals surface area (Å²) in [6, 6.07) is 15.4. The number of hydrazine groups is 1. The molecule has 5 rings (SSSR count). The molecule has 0 N–H and O–H groups in total. The number of piperidine rings is 1. The number of nitrogens with zero attached hydrogens (tertiary/aromatic N) is 3. The second-order valence-corrected chi connectivity index (χ2v) is 8.67. The minimum atomic E-state index is -0.491. The Bertz CT molecular complexity index is 1030. The lowest BCUT2D eigenvalue weighted by Gasteiger charge is -2.35. The van der Waals surface area contributed by atoms with Crippen LogP contribution < -0.4 is 0 Å². The number of carbonyl (C=O) groups excluding carboxylic acids is 3. The van der Waals surface area contributed by atoms with E-state index in [1.807, 2.05) is 24.3 Å². The topological polar surface area (TPSA) is 79.4 Å². The summed E-state index contributed by atoms with van der Waals surface area (Å²) < 4.78 is 11.3. The van der Waals surface area contributed by atoms with E-state index in [1.165, 1.54) is 10.6 Å². The zero-order valence-corrected chi connectivity index (χ0v) is 18.4. The van der Waals surface area contributed by atoms with Crippen LogP contribution >= 0.6 is 0 Å². The van der Waals surface area contributed by atoms with E-state index in [1.54, 1.807) is 12.1 Å². The monoisotopic (exact) mass is 449 g/mol. The number of hydrogen-bond donors (Lipinski definition) is 0. The van der Waals surface area contributed by atoms with Crippen LogP contribution in [0, 0.1) is 0 Å². The van der Waals surface area contributed by atoms with Crippen molar-refractivity contribution in [1.82, 2.24) is 14.9 Å². The van der Waals surface area contributed by atoms with Gasteiger partial charge in [-0.05, 0) is 22.8 Å². The van der Waals surface area contributed by atoms with Crippen molar-refractivity contribution in [2.24, 2.45) is 0 Å². The third-order valence-corrected chi connectivity index (χ3v) is 6.34. The number of carbonyl (C=O) groups is 3. The zero-order valence-electron chi connectivity index (χ0n) is 18.4. The highest BCUT2D eigenvalue weighted by Crippen LogP contribution is 2.28. The number of hydrogen-bond acceptors (Lipinski definition) is 6. The quantitative estimate of drug-likeness (QED) is 0.629. The number of benzene rings is 2. The molecule has 3 aliphatic rings. The Morgan fingerprint density at radius 1 is 0.879 bits per heavy atom. The average Bonchev–Trinajstić information content (AvgIpc) is 3.15. The number of rotatable bonds is 6. The van der Waals surface area contributed by atoms with Gasteiger partial charge in [0.25, 0.3) is 17.7 Å². The molecule has 0 radical (unpaired) electrons. The highest BCUT2D eigenvalue weighted by Gasteiger charge is 2.42. The van der Waals surface area contributed by atoms with Gasteiger partial charge >= 0.3 is 0 Å². The Kier molecular flexibility index (Phi) is 6.22. The van der Waals surface area contributed by atoms with Crippen molar-refractivity contribution in [1.29, 1.82) is 0 Å². The maximum absolute atomic E-state index is 12.8. The fourth-order valence-corrected chi connectivity index (χ4v) is 4.53. The van der Waals surface area contributed by atoms with Crippen LogP contribution in [0.4, 0.5) is 0 Å². The summed E-state index contributed by atoms with van der Waals surface area (Å²) in [5.41, 5.74) is 3.58. The van der Waals surface area contributed by atoms with Crippen LogP contribution in [-0.2, 0) is 38.8 Å². The van der Waals surface area contributed by atoms with E-state index >= 15 is 0 Å². The molecule has 0 aromatic heterocycles. The molecule has 3 amide bonds. The van der Waals surface area contributed by atoms with Gasteiger partial charge in [0.1, 0.15) is 0 Å². The van der Waals surface area contributed by atoms with Gasteiger partial charge < -0.3 is 9.47 Å². The standard InChI is InChI=1S/C25H27N3O5/c29-23-13-21(14-24(30)28(23)27-16-20-3-1-2-4-22(20)25(27)31)33-17-19-7-5-18(6-8-19)15-26-9-11-32-12-10-26/h1-8,21H,9-17H2. The number of ether oxygens (including phenoxy) is 2. The van der Waals surface area contributed by atoms with E-state index in [4.69, 9.17) is 9.47 Å². The predicted molar refractivity (Wildman–Crippen MR) is 119 cm³/mol. The Labute approximate surface area is 192 Å². The third-order valence-electron chi connectivity index (χ3n) is 6.34. The van der Waals surface area contributed by atoms with Gasteiger partial charge in [-0.2, -0.15) is 5.01 Å². The van der Waals surface area contributed by atoms with Crippen LogP contribution in [0.5, 0.6) is 0 Å². The lowest BCUT2D eigenvalue weighted by atomic mass is 10.1. The minimum Gasteiger partial charge on any atom is -0.379 e. The summed E-state index contributed by atoms with van der Waals surface area (Å²) in [5.74, 6) is -1.12. The third kappa shape index (κ3) is 4.68. The lowest BCUT2D eigenvalue weighted by molar-refractivity contribution is -0.170. The molecule has 3 aliphatic heterocycles. The van der Waals surface area contributed by atoms with Crippen molar-refractivity contribution in [3.63, 3.8) is 0 Å². The molecule has 8 heteroatoms. The van der Waals surface area contributed by atoms with Gasteiger partial charge in [-0.1, -0.05) is 42.5 Å². The maximum atomic E-state index is 12.8. The highest BCUT2D eigenvalue weighted by molar-refractivity contribution is 6.04. The SMILES string of the molecule is O=C1c2ccccc2CN1N1C(=O)CC(OCc2ccc(CN3CCOCC3)cc2)CC1=O. The van der Waals surface area contributed by atoms with Gasteiger partial charge in [0.2, 0.25) is 0 Å². The largest absolute Gasteiger partial charge is 0.379 e. The summed E-state index contributed by atoms with van der Waals surface area (Å²) in [6.07, 6.45) is -0.351. The van der Waals surface area contributed by atoms with E-state index in [0.717, 1.165) is 49.0 Å². The first kappa shape index (κ1) is 21.8. The Morgan fingerprint density at radius 2 is 1.55 bits per heavy atom. The lowest BCUT2D eigenvalue weighted by Crippen LogP contribution is -2.54. The van der Waals surface area contributed by atoms with E-state index < -0.39 is 17.9 Å². The van der Waals surface area contributed by atoms with Crippen LogP contribution in [0.3, 0.4) is 0 Å². The molecule has 0 atom stereocenters. The van der Waals surface area contributed by atoms with Crippen LogP contribution in [0.15, 0.2) is 48.5 Å². The van der Waals surface area contributed by atoms with Gasteiger partial charge in [0, 0.05) is 25.2 Å². The van der Waals surface area contributed by atoms with E-state index in [9.17, 15) is 14.4 Å². The van der Waals surface area contributed by atoms with Crippen molar-refractivity contribution in [3.8, 4) is 0 Å². The molecule has 0 bridgehead atoms. The zero-order chi connectivity index (χ0) is 22.8. The van der Waals surface area contributed by atoms with Gasteiger partial charge in [-0.25, -0.2) is 5.01 Å². The molecule has 2 fully saturated rings. The molecule has 2 aromatic carbocycles. The number of fused-ring (bicyclic) bond motifs is 1. The molecule has 33 heavy (non-hydrogen) atoms. The van der Waals surface area contributed by atoms with Crippen molar-refractivity contribution >= 4 is 17.7 Å². The Hall–Kier alpha value is -3.07. The first-order valence-electron chi connectivity index (χ1n) is 11.3. The van der Waals surface area contributed by atoms with Gasteiger partial charge in [-0.3, -0.25) is 19.3 Å². The molecular formula is C25H27N3O5. The van der Waals surface area contributed by atoms with E-state index in [0.29, 0.717) is 12.2 Å². The van der Waals surface area contributed by atoms with Crippen molar-refractivity contribution in [2.45, 2.75) is 38.6 Å². The average molecular weight is 450 g/mol. The molecule has 8 nitrogen and oxygen atoms in total. The molecule has 0 unspecified atom stereocenters. The summed E-state index contributed by atoms with van der Waals surface area (Å²) in [5, 5.41) is 2.25. The van der Waals surface area contributed by atoms with Crippen LogP contribution in [0.2, 0.25) is 0 Å². The first-order valence-corrected chi connectivity index (χ1v) is 11.3. The fraction of sp³-hybridized carbons (Fsp3) is 0.400. The first-order chi connectivity index (χ1) is 16.1. The maximum Gasteiger partial charge on any atom is 0.273 e. The molecular weight excluding hydrogens is 422 g/mol. The molecule has 172 valence electrons. The summed E-state index contributed by atoms with van der Waals surface area (Å²) >= 11 is 0. The minimum absolute atomic E-state index is 0.0704. The van der Waals surface area contributed by atoms with Gasteiger partial charge in [0.15, 0.2) is 0 Å². The second-order valence-electron chi connectivity index (χ2n) is 8.67. The predicted octanol–water partition coefficient (Wildman–Crippen LogP) is 2.12. The van der Waals surface area contributed by atoms with Gasteiger partial charge in [-0.15, -0.1) is 0 Å². The fourth-order valence-electron chi connectivity index (χ4n) is 4.53. The molecule has 0 aliphatic carbocycles. The Morgan fingerprint density at radius 3 is 2.24 bits per heavy atom. The van der Waals surface area contributed by atoms with Gasteiger partial charge in [0.05, 0.1) is 45.3 Å². The highest BCUT2D eigenvalue weighted by atomic mass is 16.5. The number of imide groups is 1. The summed E-state index contributed by atoms with van der Waals surface area (Å²) in [4.78, 5) is 40.6. The van der Waals surface area contributed by atoms with Crippen molar-refractivity contribution in [2.75, 3.05) is 26.3 Å². The normalized spacial score (nSPS) is 19.9. The Balaban J connectivity index is 1.14. The summed E-state index contributed by atoms with van der Waals surface area (Å²) in [7, 11) is 0. The van der Waals surface area contributed by atoms with Crippen LogP contribution in [0.25, 0.3) is 0 Å². The summed E-state index contributed by atoms with van der Waals surface area (Å²) in [6.45, 7) is 4.90. The van der Waals surface area contributed by atoms with Crippen molar-refractivity contribution in [3.05, 3.63) is 70.8 Å². The number of morpholine rings is 1. The smallest absolute Gasteiger partial charge is 0.273 e. The van der Waals surface area contributed by atoms with Crippen LogP contribution in [-0.4, -0.2) is 65.0 Å². The van der Waals surface area contributed by atoms with Crippen molar-refractivity contribution < 1.29 is 23.9 Å². The molecule has 2 aromatic rings. The molecule has 0 saturated carbocycles. The molecule has 3 heterocycles. The van der Waals surface area contributed by atoms with Crippen LogP contribution in [0.1, 0.15) is 39.9 Å². The van der Waals surface area contributed by atoms with E-state index in [2.05, 4.69) is 17.0 Å². The number of amides is 3. The van der Waals surface area contributed by atoms with E-state index in [-0.39, 0.29) is 25.3 Å².